The van der Waals surface area contributed by atoms with Crippen LogP contribution < -0.4 is 103 Å². The van der Waals surface area contributed by atoms with Crippen molar-refractivity contribution >= 4 is 132 Å². The first kappa shape index (κ1) is 169. The van der Waals surface area contributed by atoms with Crippen LogP contribution in [0.25, 0.3) is 37.2 Å². The molecule has 0 bridgehead atoms. The Hall–Kier alpha value is 8.33. The molecule has 12 saturated heterocycles. The summed E-state index contributed by atoms with van der Waals surface area (Å²) in [4.78, 5) is 0. The minimum Gasteiger partial charge on any atom is -0.668 e. The van der Waals surface area contributed by atoms with Crippen LogP contribution in [0.3, 0.4) is 0 Å². The molecule has 136 heavy (non-hydrogen) atoms. The summed E-state index contributed by atoms with van der Waals surface area (Å²) >= 11 is 0. The molecule has 40 heteroatoms. The maximum absolute atomic E-state index is 4.94. The topological polar surface area (TPSA) is 224 Å². The van der Waals surface area contributed by atoms with Crippen LogP contribution in [-0.2, 0) is 56.8 Å². The summed E-state index contributed by atoms with van der Waals surface area (Å²) in [5.74, 6) is 0. The van der Waals surface area contributed by atoms with Crippen molar-refractivity contribution in [2.45, 2.75) is 468 Å². The third kappa shape index (κ3) is 210. The Morgan fingerprint density at radius 2 is 0.132 bits per heavy atom. The van der Waals surface area contributed by atoms with Crippen LogP contribution in [0, 0.1) is 71.2 Å². The second kappa shape index (κ2) is 97.8. The van der Waals surface area contributed by atoms with Crippen LogP contribution in [0.15, 0.2) is 0 Å². The number of rotatable bonds is 16. The average Bonchev–Trinajstić information content (AvgIpc) is 1.40. The molecule has 12 aliphatic heterocycles. The first-order valence-electron chi connectivity index (χ1n) is 52.5. The van der Waals surface area contributed by atoms with E-state index >= 15 is 0 Å². The Kier molecular flexibility index (Phi) is 122. The Labute approximate surface area is 1010 Å². The largest absolute Gasteiger partial charge is 3.00 e. The smallest absolute Gasteiger partial charge is 0.668 e. The summed E-state index contributed by atoms with van der Waals surface area (Å²) in [7, 11) is -17.7. The first-order valence-corrected chi connectivity index (χ1v) is 108. The van der Waals surface area contributed by atoms with Gasteiger partial charge in [0.1, 0.15) is 0 Å². The number of hydrogen-bond donors (Lipinski definition) is 0. The molecule has 0 atom stereocenters. The van der Waals surface area contributed by atoms with Crippen LogP contribution in [0.1, 0.15) is 154 Å². The van der Waals surface area contributed by atoms with Crippen molar-refractivity contribution in [3.8, 4) is 0 Å². The van der Waals surface area contributed by atoms with E-state index in [1.807, 2.05) is 0 Å². The summed E-state index contributed by atoms with van der Waals surface area (Å²) in [6.45, 7) is 134. The fraction of sp³-hybridized carbons (Fsp3) is 1.00. The van der Waals surface area contributed by atoms with Gasteiger partial charge in [-0.1, -0.05) is 446 Å². The van der Waals surface area contributed by atoms with Gasteiger partial charge in [0.15, 0.2) is 0 Å². The molecule has 808 valence electrons. The van der Waals surface area contributed by atoms with Crippen LogP contribution in [-0.4, -0.2) is 290 Å². The van der Waals surface area contributed by atoms with Gasteiger partial charge in [-0.3, -0.25) is 0 Å². The molecule has 20 nitrogen and oxygen atoms in total. The van der Waals surface area contributed by atoms with E-state index in [1.165, 1.54) is 154 Å². The molecule has 0 aromatic carbocycles. The van der Waals surface area contributed by atoms with E-state index < -0.39 is 132 Å². The quantitative estimate of drug-likeness (QED) is 0.132. The third-order valence-corrected chi connectivity index (χ3v) is 58.2. The predicted molar refractivity (Wildman–Crippen MR) is 641 cm³/mol. The van der Waals surface area contributed by atoms with E-state index in [9.17, 15) is 0 Å². The van der Waals surface area contributed by atoms with Gasteiger partial charge >= 0.3 is 174 Å². The van der Waals surface area contributed by atoms with Crippen LogP contribution in [0.4, 0.5) is 0 Å². The third-order valence-electron chi connectivity index (χ3n) is 15.3. The molecule has 0 unspecified atom stereocenters. The maximum atomic E-state index is 4.94. The molecule has 0 saturated carbocycles. The molecule has 12 fully saturated rings. The van der Waals surface area contributed by atoms with Gasteiger partial charge in [-0.05, 0) is 154 Å². The SMILES string of the molecule is C1CCOC1.C1CCOC1.C1CCOC1.C1CCOC1.C1CCOC1.C1CCOC1.C1CCOC1.C1CCOC1.C1CCOC1.C1CCOC1.C1CCOC1.C1CCOC1.C[Si](C)(C)[N-][Si](C)(C)C.C[Si](C)(C)[N-][Si](C)(C)C.C[Si](C)(C)[N-][Si](C)(C)C.C[Si](C)(C)[N-][Si](C)(C)C.C[Si](C)(C)[N-][Si](C)(C)C.C[Si](C)(C)[N-][Si](C)(C)C.C[Si](C)(C)[N-][Si](C)(C)C.C[Si](C)(C)[N-][Si](C)(C)C.[K+].[K+].[La+3].[La+3]. The molecule has 0 aromatic heterocycles. The first-order chi connectivity index (χ1) is 59.7. The van der Waals surface area contributed by atoms with E-state index in [4.69, 9.17) is 94.0 Å². The molecule has 0 aliphatic carbocycles. The van der Waals surface area contributed by atoms with E-state index in [0.29, 0.717) is 0 Å². The van der Waals surface area contributed by atoms with Crippen molar-refractivity contribution in [2.75, 3.05) is 159 Å². The minimum atomic E-state index is -1.11. The zero-order valence-corrected chi connectivity index (χ0v) is 131. The van der Waals surface area contributed by atoms with Gasteiger partial charge in [-0.15, -0.1) is 0 Å². The Morgan fingerprint density at radius 3 is 0.140 bits per heavy atom. The van der Waals surface area contributed by atoms with Crippen molar-refractivity contribution in [2.24, 2.45) is 0 Å². The van der Waals surface area contributed by atoms with Crippen molar-refractivity contribution < 1.29 is 231 Å². The van der Waals surface area contributed by atoms with Crippen molar-refractivity contribution in [1.29, 1.82) is 0 Å². The van der Waals surface area contributed by atoms with E-state index in [0.717, 1.165) is 159 Å². The molecule has 0 aromatic rings. The summed E-state index contributed by atoms with van der Waals surface area (Å²) in [5.41, 5.74) is 0. The standard InChI is InChI=1S/8C6H18NSi2.12C4H8O.2K.2La/c8*1-8(2,3)7-9(4,5)6;12*1-2-4-5-3-1;;;;/h8*1-6H3;12*1-4H2;;;;/q8*-1;;;;;;;;;;;;;2*+1;2*+3. The number of nitrogens with zero attached hydrogens (tertiary/aromatic N) is 8. The van der Waals surface area contributed by atoms with Gasteiger partial charge in [-0.25, -0.2) is 0 Å². The minimum absolute atomic E-state index is 0. The second-order valence-corrected chi connectivity index (χ2v) is 128. The van der Waals surface area contributed by atoms with Crippen molar-refractivity contribution in [1.82, 2.24) is 0 Å². The van der Waals surface area contributed by atoms with Crippen molar-refractivity contribution in [3.63, 3.8) is 0 Å². The van der Waals surface area contributed by atoms with Crippen LogP contribution >= 0.6 is 0 Å². The van der Waals surface area contributed by atoms with Crippen LogP contribution in [0.2, 0.25) is 314 Å². The summed E-state index contributed by atoms with van der Waals surface area (Å²) in [5, 5.41) is 0. The molecule has 0 N–H and O–H groups in total. The monoisotopic (exact) mass is 2500 g/mol. The normalized spacial score (nSPS) is 18.0. The Morgan fingerprint density at radius 1 is 0.0956 bits per heavy atom. The average molecular weight is 2500 g/mol. The van der Waals surface area contributed by atoms with E-state index in [1.54, 1.807) is 0 Å². The predicted octanol–water partition coefficient (Wildman–Crippen LogP) is 27.8. The fourth-order valence-electron chi connectivity index (χ4n) is 14.2. The zero-order chi connectivity index (χ0) is 104. The van der Waals surface area contributed by atoms with Gasteiger partial charge in [0.2, 0.25) is 0 Å². The molecule has 0 amide bonds. The van der Waals surface area contributed by atoms with Gasteiger partial charge in [-0.2, -0.15) is 0 Å². The molecule has 12 heterocycles. The van der Waals surface area contributed by atoms with Gasteiger partial charge in [0.25, 0.3) is 0 Å². The van der Waals surface area contributed by atoms with E-state index in [2.05, 4.69) is 314 Å². The Balaban J connectivity index is -0.000000119. The maximum Gasteiger partial charge on any atom is 3.00 e. The molecular weight excluding hydrogens is 2260 g/mol. The zero-order valence-electron chi connectivity index (χ0n) is 102. The number of hydrogen-bond acceptors (Lipinski definition) is 12. The molecule has 0 radical (unpaired) electrons. The van der Waals surface area contributed by atoms with Gasteiger partial charge < -0.3 is 94.0 Å². The van der Waals surface area contributed by atoms with Gasteiger partial charge in [0, 0.05) is 159 Å². The number of ether oxygens (including phenoxy) is 12. The molecule has 12 rings (SSSR count). The van der Waals surface area contributed by atoms with Crippen molar-refractivity contribution in [3.05, 3.63) is 37.2 Å². The van der Waals surface area contributed by atoms with Crippen LogP contribution in [0.5, 0.6) is 0 Å². The molecule has 12 aliphatic rings. The Bertz CT molecular complexity index is 1700. The molecular formula is C96H240K2La2N8O12Si16. The van der Waals surface area contributed by atoms with Gasteiger partial charge in [0.05, 0.1) is 0 Å². The second-order valence-electron chi connectivity index (χ2n) is 51.5. The fourth-order valence-corrected chi connectivity index (χ4v) is 78.6. The molecule has 0 spiro atoms. The van der Waals surface area contributed by atoms with E-state index in [-0.39, 0.29) is 174 Å². The summed E-state index contributed by atoms with van der Waals surface area (Å²) in [6.07, 6.45) is 30.7. The summed E-state index contributed by atoms with van der Waals surface area (Å²) in [6, 6.07) is 0. The summed E-state index contributed by atoms with van der Waals surface area (Å²) < 4.78 is 97.9.